The van der Waals surface area contributed by atoms with E-state index in [0.717, 1.165) is 24.1 Å². The van der Waals surface area contributed by atoms with Crippen molar-refractivity contribution in [3.05, 3.63) is 29.8 Å². The normalized spacial score (nSPS) is 10.4. The minimum atomic E-state index is -0.198. The van der Waals surface area contributed by atoms with Gasteiger partial charge in [-0.1, -0.05) is 12.1 Å². The SMILES string of the molecule is COCCOCCCCNC(=O)Nc1ccc(CN)cc1. The highest BCUT2D eigenvalue weighted by Gasteiger charge is 2.00. The van der Waals surface area contributed by atoms with Crippen molar-refractivity contribution in [2.45, 2.75) is 19.4 Å². The number of hydrogen-bond donors (Lipinski definition) is 3. The molecule has 4 N–H and O–H groups in total. The van der Waals surface area contributed by atoms with Gasteiger partial charge in [-0.15, -0.1) is 0 Å². The molecule has 118 valence electrons. The van der Waals surface area contributed by atoms with Crippen LogP contribution in [0.3, 0.4) is 0 Å². The largest absolute Gasteiger partial charge is 0.382 e. The summed E-state index contributed by atoms with van der Waals surface area (Å²) < 4.78 is 10.2. The van der Waals surface area contributed by atoms with Gasteiger partial charge >= 0.3 is 6.03 Å². The standard InChI is InChI=1S/C15H25N3O3/c1-20-10-11-21-9-3-2-8-17-15(19)18-14-6-4-13(12-16)5-7-14/h4-7H,2-3,8-12,16H2,1H3,(H2,17,18,19). The van der Waals surface area contributed by atoms with E-state index in [1.54, 1.807) is 7.11 Å². The van der Waals surface area contributed by atoms with Crippen LogP contribution in [-0.2, 0) is 16.0 Å². The molecule has 0 aliphatic carbocycles. The number of amides is 2. The molecular formula is C15H25N3O3. The van der Waals surface area contributed by atoms with E-state index in [4.69, 9.17) is 15.2 Å². The van der Waals surface area contributed by atoms with Gasteiger partial charge < -0.3 is 25.8 Å². The molecule has 0 aliphatic heterocycles. The molecule has 0 fully saturated rings. The molecule has 1 aromatic carbocycles. The minimum absolute atomic E-state index is 0.198. The van der Waals surface area contributed by atoms with E-state index in [1.807, 2.05) is 24.3 Å². The summed E-state index contributed by atoms with van der Waals surface area (Å²) in [6.45, 7) is 3.04. The zero-order chi connectivity index (χ0) is 15.3. The molecule has 0 unspecified atom stereocenters. The molecule has 0 radical (unpaired) electrons. The van der Waals surface area contributed by atoms with Crippen molar-refractivity contribution < 1.29 is 14.3 Å². The Morgan fingerprint density at radius 3 is 2.57 bits per heavy atom. The maximum atomic E-state index is 11.6. The van der Waals surface area contributed by atoms with Crippen LogP contribution < -0.4 is 16.4 Å². The number of carbonyl (C=O) groups excluding carboxylic acids is 1. The fourth-order valence-electron chi connectivity index (χ4n) is 1.67. The van der Waals surface area contributed by atoms with Crippen LogP contribution in [0.2, 0.25) is 0 Å². The number of nitrogens with one attached hydrogen (secondary N) is 2. The molecule has 1 rings (SSSR count). The van der Waals surface area contributed by atoms with Crippen LogP contribution in [0.15, 0.2) is 24.3 Å². The van der Waals surface area contributed by atoms with Crippen molar-refractivity contribution in [1.29, 1.82) is 0 Å². The van der Waals surface area contributed by atoms with Crippen molar-refractivity contribution in [2.75, 3.05) is 38.8 Å². The van der Waals surface area contributed by atoms with Crippen LogP contribution in [0.1, 0.15) is 18.4 Å². The Morgan fingerprint density at radius 2 is 1.90 bits per heavy atom. The maximum Gasteiger partial charge on any atom is 0.319 e. The van der Waals surface area contributed by atoms with Gasteiger partial charge in [-0.05, 0) is 30.5 Å². The smallest absolute Gasteiger partial charge is 0.319 e. The molecule has 0 aromatic heterocycles. The number of rotatable bonds is 10. The molecule has 21 heavy (non-hydrogen) atoms. The number of hydrogen-bond acceptors (Lipinski definition) is 4. The summed E-state index contributed by atoms with van der Waals surface area (Å²) in [5.74, 6) is 0. The molecule has 0 saturated carbocycles. The van der Waals surface area contributed by atoms with Gasteiger partial charge in [-0.3, -0.25) is 0 Å². The first-order valence-corrected chi connectivity index (χ1v) is 7.17. The second kappa shape index (κ2) is 11.1. The van der Waals surface area contributed by atoms with E-state index < -0.39 is 0 Å². The quantitative estimate of drug-likeness (QED) is 0.574. The summed E-state index contributed by atoms with van der Waals surface area (Å²) in [5.41, 5.74) is 7.31. The van der Waals surface area contributed by atoms with Crippen molar-refractivity contribution in [2.24, 2.45) is 5.73 Å². The van der Waals surface area contributed by atoms with Crippen molar-refractivity contribution in [1.82, 2.24) is 5.32 Å². The molecule has 0 bridgehead atoms. The van der Waals surface area contributed by atoms with E-state index in [-0.39, 0.29) is 6.03 Å². The third-order valence-electron chi connectivity index (χ3n) is 2.88. The van der Waals surface area contributed by atoms with E-state index >= 15 is 0 Å². The molecule has 6 heteroatoms. The third kappa shape index (κ3) is 8.29. The fraction of sp³-hybridized carbons (Fsp3) is 0.533. The van der Waals surface area contributed by atoms with Gasteiger partial charge in [0.1, 0.15) is 0 Å². The second-order valence-electron chi connectivity index (χ2n) is 4.59. The number of carbonyl (C=O) groups is 1. The number of urea groups is 1. The van der Waals surface area contributed by atoms with Crippen LogP contribution in [0, 0.1) is 0 Å². The predicted molar refractivity (Wildman–Crippen MR) is 83.3 cm³/mol. The molecule has 0 aliphatic rings. The molecule has 0 heterocycles. The molecule has 0 spiro atoms. The number of benzene rings is 1. The summed E-state index contributed by atoms with van der Waals surface area (Å²) in [7, 11) is 1.65. The van der Waals surface area contributed by atoms with Gasteiger partial charge in [0.25, 0.3) is 0 Å². The number of anilines is 1. The molecule has 2 amide bonds. The first-order chi connectivity index (χ1) is 10.3. The van der Waals surface area contributed by atoms with Gasteiger partial charge in [-0.2, -0.15) is 0 Å². The maximum absolute atomic E-state index is 11.6. The van der Waals surface area contributed by atoms with Gasteiger partial charge in [0.15, 0.2) is 0 Å². The minimum Gasteiger partial charge on any atom is -0.382 e. The molecule has 0 saturated heterocycles. The topological polar surface area (TPSA) is 85.6 Å². The zero-order valence-corrected chi connectivity index (χ0v) is 12.6. The number of nitrogens with two attached hydrogens (primary N) is 1. The Balaban J connectivity index is 2.05. The fourth-order valence-corrected chi connectivity index (χ4v) is 1.67. The molecule has 0 atom stereocenters. The highest BCUT2D eigenvalue weighted by Crippen LogP contribution is 2.08. The Hall–Kier alpha value is -1.63. The lowest BCUT2D eigenvalue weighted by Crippen LogP contribution is -2.29. The average Bonchev–Trinajstić information content (AvgIpc) is 2.50. The lowest BCUT2D eigenvalue weighted by molar-refractivity contribution is 0.0689. The highest BCUT2D eigenvalue weighted by molar-refractivity contribution is 5.89. The summed E-state index contributed by atoms with van der Waals surface area (Å²) in [6, 6.07) is 7.27. The van der Waals surface area contributed by atoms with Gasteiger partial charge in [0.2, 0.25) is 0 Å². The van der Waals surface area contributed by atoms with Crippen molar-refractivity contribution in [3.8, 4) is 0 Å². The molecule has 6 nitrogen and oxygen atoms in total. The molecular weight excluding hydrogens is 270 g/mol. The predicted octanol–water partition coefficient (Wildman–Crippen LogP) is 1.71. The van der Waals surface area contributed by atoms with E-state index in [0.29, 0.717) is 32.9 Å². The number of unbranched alkanes of at least 4 members (excludes halogenated alkanes) is 1. The summed E-state index contributed by atoms with van der Waals surface area (Å²) in [4.78, 5) is 11.6. The van der Waals surface area contributed by atoms with Crippen LogP contribution >= 0.6 is 0 Å². The van der Waals surface area contributed by atoms with Crippen LogP contribution in [0.5, 0.6) is 0 Å². The number of methoxy groups -OCH3 is 1. The van der Waals surface area contributed by atoms with Crippen molar-refractivity contribution in [3.63, 3.8) is 0 Å². The lowest BCUT2D eigenvalue weighted by Gasteiger charge is -2.08. The monoisotopic (exact) mass is 295 g/mol. The van der Waals surface area contributed by atoms with E-state index in [2.05, 4.69) is 10.6 Å². The van der Waals surface area contributed by atoms with Crippen molar-refractivity contribution >= 4 is 11.7 Å². The lowest BCUT2D eigenvalue weighted by atomic mass is 10.2. The van der Waals surface area contributed by atoms with E-state index in [9.17, 15) is 4.79 Å². The first-order valence-electron chi connectivity index (χ1n) is 7.17. The first kappa shape index (κ1) is 17.4. The van der Waals surface area contributed by atoms with Crippen LogP contribution in [0.25, 0.3) is 0 Å². The van der Waals surface area contributed by atoms with Gasteiger partial charge in [0.05, 0.1) is 13.2 Å². The summed E-state index contributed by atoms with van der Waals surface area (Å²) in [5, 5.41) is 5.58. The second-order valence-corrected chi connectivity index (χ2v) is 4.59. The molecule has 1 aromatic rings. The average molecular weight is 295 g/mol. The van der Waals surface area contributed by atoms with E-state index in [1.165, 1.54) is 0 Å². The Kier molecular flexibility index (Phi) is 9.19. The zero-order valence-electron chi connectivity index (χ0n) is 12.6. The highest BCUT2D eigenvalue weighted by atomic mass is 16.5. The Morgan fingerprint density at radius 1 is 1.14 bits per heavy atom. The Labute approximate surface area is 126 Å². The van der Waals surface area contributed by atoms with Gasteiger partial charge in [0, 0.05) is 32.5 Å². The third-order valence-corrected chi connectivity index (χ3v) is 2.88. The summed E-state index contributed by atoms with van der Waals surface area (Å²) >= 11 is 0. The number of ether oxygens (including phenoxy) is 2. The Bertz CT molecular complexity index is 396. The summed E-state index contributed by atoms with van der Waals surface area (Å²) in [6.07, 6.45) is 1.79. The van der Waals surface area contributed by atoms with Crippen LogP contribution in [0.4, 0.5) is 10.5 Å². The van der Waals surface area contributed by atoms with Gasteiger partial charge in [-0.25, -0.2) is 4.79 Å². The van der Waals surface area contributed by atoms with Crippen LogP contribution in [-0.4, -0.2) is 39.5 Å².